The number of thioether (sulfide) groups is 1. The van der Waals surface area contributed by atoms with Crippen molar-refractivity contribution >= 4 is 23.4 Å². The van der Waals surface area contributed by atoms with E-state index in [1.165, 1.54) is 0 Å². The first kappa shape index (κ1) is 11.1. The van der Waals surface area contributed by atoms with Crippen molar-refractivity contribution in [3.05, 3.63) is 29.8 Å². The molecule has 4 heteroatoms. The van der Waals surface area contributed by atoms with Crippen molar-refractivity contribution < 1.29 is 4.79 Å². The molecule has 0 aromatic heterocycles. The molecule has 1 heterocycles. The van der Waals surface area contributed by atoms with Gasteiger partial charge in [0, 0.05) is 22.9 Å². The zero-order valence-electron chi connectivity index (χ0n) is 8.69. The summed E-state index contributed by atoms with van der Waals surface area (Å²) in [5, 5.41) is 5.96. The van der Waals surface area contributed by atoms with E-state index in [4.69, 9.17) is 6.42 Å². The van der Waals surface area contributed by atoms with Gasteiger partial charge in [0.1, 0.15) is 0 Å². The van der Waals surface area contributed by atoms with Crippen LogP contribution in [0.3, 0.4) is 0 Å². The van der Waals surface area contributed by atoms with E-state index in [9.17, 15) is 4.79 Å². The summed E-state index contributed by atoms with van der Waals surface area (Å²) >= 11 is 1.72. The molecule has 2 rings (SSSR count). The second-order valence-electron chi connectivity index (χ2n) is 3.49. The molecular formula is C12H12N2OS. The highest BCUT2D eigenvalue weighted by Crippen LogP contribution is 2.13. The number of hydrogen-bond acceptors (Lipinski definition) is 3. The number of carbonyl (C=O) groups is 1. The van der Waals surface area contributed by atoms with E-state index in [0.29, 0.717) is 0 Å². The zero-order chi connectivity index (χ0) is 11.4. The summed E-state index contributed by atoms with van der Waals surface area (Å²) < 4.78 is 0. The maximum atomic E-state index is 11.8. The fourth-order valence-electron chi connectivity index (χ4n) is 1.48. The van der Waals surface area contributed by atoms with Crippen LogP contribution in [0.15, 0.2) is 24.3 Å². The molecule has 1 atom stereocenters. The standard InChI is InChI=1S/C12H12N2OS/c1-2-9-4-3-5-10(6-9)14-12(15)11-7-16-8-13-11/h1,3-6,11,13H,7-8H2,(H,14,15). The van der Waals surface area contributed by atoms with Gasteiger partial charge in [0.2, 0.25) is 5.91 Å². The largest absolute Gasteiger partial charge is 0.325 e. The van der Waals surface area contributed by atoms with Gasteiger partial charge in [0.25, 0.3) is 0 Å². The lowest BCUT2D eigenvalue weighted by atomic mass is 10.2. The second kappa shape index (κ2) is 5.06. The van der Waals surface area contributed by atoms with E-state index in [2.05, 4.69) is 16.6 Å². The monoisotopic (exact) mass is 232 g/mol. The molecule has 3 nitrogen and oxygen atoms in total. The van der Waals surface area contributed by atoms with Crippen LogP contribution in [0.1, 0.15) is 5.56 Å². The Morgan fingerprint density at radius 3 is 3.19 bits per heavy atom. The summed E-state index contributed by atoms with van der Waals surface area (Å²) in [6, 6.07) is 7.20. The first-order valence-corrected chi connectivity index (χ1v) is 6.14. The minimum absolute atomic E-state index is 0.000767. The average Bonchev–Trinajstić information content (AvgIpc) is 2.83. The highest BCUT2D eigenvalue weighted by molar-refractivity contribution is 7.99. The highest BCUT2D eigenvalue weighted by Gasteiger charge is 2.22. The van der Waals surface area contributed by atoms with Gasteiger partial charge in [-0.05, 0) is 18.2 Å². The van der Waals surface area contributed by atoms with E-state index < -0.39 is 0 Å². The minimum Gasteiger partial charge on any atom is -0.325 e. The van der Waals surface area contributed by atoms with Gasteiger partial charge in [0.15, 0.2) is 0 Å². The van der Waals surface area contributed by atoms with Crippen LogP contribution in [0.5, 0.6) is 0 Å². The molecule has 1 fully saturated rings. The molecule has 82 valence electrons. The third-order valence-corrected chi connectivity index (χ3v) is 3.27. The lowest BCUT2D eigenvalue weighted by Crippen LogP contribution is -2.37. The summed E-state index contributed by atoms with van der Waals surface area (Å²) in [5.74, 6) is 4.19. The van der Waals surface area contributed by atoms with Gasteiger partial charge in [-0.3, -0.25) is 10.1 Å². The topological polar surface area (TPSA) is 41.1 Å². The first-order valence-electron chi connectivity index (χ1n) is 4.98. The van der Waals surface area contributed by atoms with E-state index in [1.807, 2.05) is 18.2 Å². The van der Waals surface area contributed by atoms with Gasteiger partial charge in [-0.1, -0.05) is 12.0 Å². The Balaban J connectivity index is 2.03. The van der Waals surface area contributed by atoms with Crippen molar-refractivity contribution in [2.75, 3.05) is 16.9 Å². The number of terminal acetylenes is 1. The normalized spacial score (nSPS) is 19.1. The van der Waals surface area contributed by atoms with Crippen molar-refractivity contribution in [1.29, 1.82) is 0 Å². The molecule has 2 N–H and O–H groups in total. The third-order valence-electron chi connectivity index (χ3n) is 2.33. The number of carbonyl (C=O) groups excluding carboxylic acids is 1. The van der Waals surface area contributed by atoms with Crippen LogP contribution in [0, 0.1) is 12.3 Å². The maximum Gasteiger partial charge on any atom is 0.242 e. The first-order chi connectivity index (χ1) is 7.79. The molecule has 0 radical (unpaired) electrons. The summed E-state index contributed by atoms with van der Waals surface area (Å²) in [6.07, 6.45) is 5.29. The predicted octanol–water partition coefficient (Wildman–Crippen LogP) is 1.27. The van der Waals surface area contributed by atoms with Gasteiger partial charge in [-0.15, -0.1) is 18.2 Å². The summed E-state index contributed by atoms with van der Waals surface area (Å²) in [4.78, 5) is 11.8. The number of benzene rings is 1. The Morgan fingerprint density at radius 1 is 1.62 bits per heavy atom. The lowest BCUT2D eigenvalue weighted by Gasteiger charge is -2.10. The van der Waals surface area contributed by atoms with Crippen molar-refractivity contribution in [2.24, 2.45) is 0 Å². The van der Waals surface area contributed by atoms with Crippen LogP contribution in [-0.2, 0) is 4.79 Å². The third kappa shape index (κ3) is 2.57. The van der Waals surface area contributed by atoms with E-state index >= 15 is 0 Å². The molecule has 0 spiro atoms. The predicted molar refractivity (Wildman–Crippen MR) is 67.3 cm³/mol. The number of nitrogens with one attached hydrogen (secondary N) is 2. The Hall–Kier alpha value is -1.44. The Bertz CT molecular complexity index is 433. The van der Waals surface area contributed by atoms with Crippen molar-refractivity contribution in [3.8, 4) is 12.3 Å². The number of hydrogen-bond donors (Lipinski definition) is 2. The van der Waals surface area contributed by atoms with Crippen LogP contribution >= 0.6 is 11.8 Å². The molecular weight excluding hydrogens is 220 g/mol. The Labute approximate surface area is 99.0 Å². The number of rotatable bonds is 2. The Kier molecular flexibility index (Phi) is 3.50. The van der Waals surface area contributed by atoms with Gasteiger partial charge >= 0.3 is 0 Å². The summed E-state index contributed by atoms with van der Waals surface area (Å²) in [5.41, 5.74) is 1.52. The molecule has 0 aliphatic carbocycles. The molecule has 1 unspecified atom stereocenters. The second-order valence-corrected chi connectivity index (χ2v) is 4.52. The molecule has 16 heavy (non-hydrogen) atoms. The minimum atomic E-state index is -0.0977. The van der Waals surface area contributed by atoms with Crippen LogP contribution in [0.25, 0.3) is 0 Å². The van der Waals surface area contributed by atoms with Gasteiger partial charge in [0.05, 0.1) is 6.04 Å². The molecule has 1 aliphatic rings. The van der Waals surface area contributed by atoms with E-state index in [-0.39, 0.29) is 11.9 Å². The Morgan fingerprint density at radius 2 is 2.50 bits per heavy atom. The van der Waals surface area contributed by atoms with Crippen LogP contribution in [0.4, 0.5) is 5.69 Å². The van der Waals surface area contributed by atoms with Crippen molar-refractivity contribution in [3.63, 3.8) is 0 Å². The summed E-state index contributed by atoms with van der Waals surface area (Å²) in [6.45, 7) is 0. The lowest BCUT2D eigenvalue weighted by molar-refractivity contribution is -0.117. The fraction of sp³-hybridized carbons (Fsp3) is 0.250. The van der Waals surface area contributed by atoms with Gasteiger partial charge in [-0.2, -0.15) is 0 Å². The van der Waals surface area contributed by atoms with E-state index in [1.54, 1.807) is 17.8 Å². The quantitative estimate of drug-likeness (QED) is 0.754. The van der Waals surface area contributed by atoms with Gasteiger partial charge in [-0.25, -0.2) is 0 Å². The number of anilines is 1. The molecule has 1 aliphatic heterocycles. The average molecular weight is 232 g/mol. The van der Waals surface area contributed by atoms with Crippen LogP contribution in [-0.4, -0.2) is 23.6 Å². The van der Waals surface area contributed by atoms with Crippen LogP contribution < -0.4 is 10.6 Å². The maximum absolute atomic E-state index is 11.8. The molecule has 0 bridgehead atoms. The fourth-order valence-corrected chi connectivity index (χ4v) is 2.42. The van der Waals surface area contributed by atoms with Crippen molar-refractivity contribution in [1.82, 2.24) is 5.32 Å². The number of amides is 1. The van der Waals surface area contributed by atoms with Gasteiger partial charge < -0.3 is 5.32 Å². The zero-order valence-corrected chi connectivity index (χ0v) is 9.51. The SMILES string of the molecule is C#Cc1cccc(NC(=O)C2CSCN2)c1. The van der Waals surface area contributed by atoms with Crippen molar-refractivity contribution in [2.45, 2.75) is 6.04 Å². The van der Waals surface area contributed by atoms with E-state index in [0.717, 1.165) is 22.9 Å². The molecule has 1 amide bonds. The summed E-state index contributed by atoms with van der Waals surface area (Å²) in [7, 11) is 0. The molecule has 1 aromatic carbocycles. The smallest absolute Gasteiger partial charge is 0.242 e. The van der Waals surface area contributed by atoms with Crippen LogP contribution in [0.2, 0.25) is 0 Å². The molecule has 1 saturated heterocycles. The molecule has 1 aromatic rings. The highest BCUT2D eigenvalue weighted by atomic mass is 32.2. The molecule has 0 saturated carbocycles.